The molecule has 1 amide bonds. The first-order valence-electron chi connectivity index (χ1n) is 7.48. The summed E-state index contributed by atoms with van der Waals surface area (Å²) in [6.07, 6.45) is 7.46. The Morgan fingerprint density at radius 2 is 2.23 bits per heavy atom. The predicted molar refractivity (Wildman–Crippen MR) is 81.9 cm³/mol. The number of aromatic nitrogens is 3. The van der Waals surface area contributed by atoms with Gasteiger partial charge in [0.1, 0.15) is 11.4 Å². The number of rotatable bonds is 3. The van der Waals surface area contributed by atoms with Crippen molar-refractivity contribution in [1.29, 1.82) is 0 Å². The van der Waals surface area contributed by atoms with Crippen LogP contribution in [0.2, 0.25) is 0 Å². The van der Waals surface area contributed by atoms with E-state index in [2.05, 4.69) is 14.5 Å². The fourth-order valence-corrected chi connectivity index (χ4v) is 3.03. The predicted octanol–water partition coefficient (Wildman–Crippen LogP) is 2.07. The molecule has 0 N–H and O–H groups in total. The molecule has 2 aromatic heterocycles. The van der Waals surface area contributed by atoms with Crippen molar-refractivity contribution in [1.82, 2.24) is 19.4 Å². The van der Waals surface area contributed by atoms with Crippen LogP contribution >= 0.6 is 0 Å². The number of carbonyl (C=O) groups is 1. The minimum Gasteiger partial charge on any atom is -0.480 e. The van der Waals surface area contributed by atoms with Crippen molar-refractivity contribution in [2.24, 2.45) is 0 Å². The Balaban J connectivity index is 1.80. The Kier molecular flexibility index (Phi) is 4.09. The maximum Gasteiger partial charge on any atom is 0.259 e. The van der Waals surface area contributed by atoms with Crippen LogP contribution in [0.3, 0.4) is 0 Å². The monoisotopic (exact) mass is 300 g/mol. The second kappa shape index (κ2) is 6.17. The molecule has 116 valence electrons. The molecule has 0 unspecified atom stereocenters. The van der Waals surface area contributed by atoms with Crippen LogP contribution < -0.4 is 4.74 Å². The summed E-state index contributed by atoms with van der Waals surface area (Å²) in [4.78, 5) is 23.0. The van der Waals surface area contributed by atoms with Crippen LogP contribution in [-0.4, -0.2) is 45.5 Å². The summed E-state index contributed by atoms with van der Waals surface area (Å²) in [6.45, 7) is 3.44. The van der Waals surface area contributed by atoms with Gasteiger partial charge in [-0.05, 0) is 31.9 Å². The van der Waals surface area contributed by atoms with Gasteiger partial charge in [0, 0.05) is 31.7 Å². The molecular weight excluding hydrogens is 280 g/mol. The molecule has 1 saturated heterocycles. The Morgan fingerprint density at radius 3 is 2.95 bits per heavy atom. The van der Waals surface area contributed by atoms with Crippen LogP contribution in [0.25, 0.3) is 0 Å². The highest BCUT2D eigenvalue weighted by Crippen LogP contribution is 2.25. The van der Waals surface area contributed by atoms with Gasteiger partial charge in [-0.3, -0.25) is 4.79 Å². The van der Waals surface area contributed by atoms with Crippen molar-refractivity contribution in [3.63, 3.8) is 0 Å². The zero-order valence-corrected chi connectivity index (χ0v) is 12.9. The summed E-state index contributed by atoms with van der Waals surface area (Å²) < 4.78 is 7.35. The molecule has 22 heavy (non-hydrogen) atoms. The minimum atomic E-state index is -0.0209. The minimum absolute atomic E-state index is 0.0209. The topological polar surface area (TPSA) is 60.2 Å². The first-order valence-corrected chi connectivity index (χ1v) is 7.48. The number of amides is 1. The number of nitrogens with zero attached hydrogens (tertiary/aromatic N) is 4. The largest absolute Gasteiger partial charge is 0.480 e. The number of piperidine rings is 1. The molecule has 0 aromatic carbocycles. The van der Waals surface area contributed by atoms with Crippen LogP contribution in [0.1, 0.15) is 35.1 Å². The first kappa shape index (κ1) is 14.6. The molecule has 6 heteroatoms. The van der Waals surface area contributed by atoms with Gasteiger partial charge in [-0.1, -0.05) is 0 Å². The van der Waals surface area contributed by atoms with Gasteiger partial charge in [-0.25, -0.2) is 9.97 Å². The quantitative estimate of drug-likeness (QED) is 0.870. The molecule has 1 aliphatic rings. The number of likely N-dealkylation sites (tertiary alicyclic amines) is 1. The average molecular weight is 300 g/mol. The van der Waals surface area contributed by atoms with Gasteiger partial charge in [0.25, 0.3) is 5.91 Å². The normalized spacial score (nSPS) is 18.3. The van der Waals surface area contributed by atoms with Crippen molar-refractivity contribution in [3.05, 3.63) is 42.1 Å². The average Bonchev–Trinajstić information content (AvgIpc) is 3.00. The molecule has 0 bridgehead atoms. The third-order valence-electron chi connectivity index (χ3n) is 4.13. The zero-order valence-electron chi connectivity index (χ0n) is 12.9. The van der Waals surface area contributed by atoms with E-state index in [0.717, 1.165) is 25.2 Å². The maximum atomic E-state index is 12.8. The number of hydrogen-bond donors (Lipinski definition) is 0. The summed E-state index contributed by atoms with van der Waals surface area (Å²) in [7, 11) is 1.53. The number of aryl methyl sites for hydroxylation is 1. The van der Waals surface area contributed by atoms with Crippen molar-refractivity contribution in [2.75, 3.05) is 20.2 Å². The van der Waals surface area contributed by atoms with E-state index in [1.807, 2.05) is 18.0 Å². The smallest absolute Gasteiger partial charge is 0.259 e. The lowest BCUT2D eigenvalue weighted by Crippen LogP contribution is -2.41. The molecule has 2 aromatic rings. The number of hydrogen-bond acceptors (Lipinski definition) is 4. The SMILES string of the molecule is COc1ncccc1C(=O)N1CCC[C@@H](n2ccnc2C)C1. The molecule has 1 fully saturated rings. The standard InChI is InChI=1S/C16H20N4O2/c1-12-17-8-10-20(12)13-5-4-9-19(11-13)16(21)14-6-3-7-18-15(14)22-2/h3,6-8,10,13H,4-5,9,11H2,1-2H3/t13-/m1/s1. The lowest BCUT2D eigenvalue weighted by atomic mass is 10.0. The third kappa shape index (κ3) is 2.68. The number of pyridine rings is 1. The van der Waals surface area contributed by atoms with Crippen LogP contribution in [0.4, 0.5) is 0 Å². The molecule has 3 heterocycles. The van der Waals surface area contributed by atoms with Gasteiger partial charge in [0.15, 0.2) is 0 Å². The summed E-state index contributed by atoms with van der Waals surface area (Å²) >= 11 is 0. The fourth-order valence-electron chi connectivity index (χ4n) is 3.03. The van der Waals surface area contributed by atoms with E-state index in [-0.39, 0.29) is 11.9 Å². The molecule has 0 spiro atoms. The summed E-state index contributed by atoms with van der Waals surface area (Å²) in [6, 6.07) is 3.81. The Labute approximate surface area is 129 Å². The molecule has 1 aliphatic heterocycles. The van der Waals surface area contributed by atoms with Crippen molar-refractivity contribution in [3.8, 4) is 5.88 Å². The molecule has 0 aliphatic carbocycles. The van der Waals surface area contributed by atoms with Crippen LogP contribution in [0.5, 0.6) is 5.88 Å². The number of methoxy groups -OCH3 is 1. The lowest BCUT2D eigenvalue weighted by Gasteiger charge is -2.34. The second-order valence-corrected chi connectivity index (χ2v) is 5.49. The third-order valence-corrected chi connectivity index (χ3v) is 4.13. The molecule has 3 rings (SSSR count). The van der Waals surface area contributed by atoms with E-state index in [1.54, 1.807) is 24.5 Å². The zero-order chi connectivity index (χ0) is 15.5. The van der Waals surface area contributed by atoms with Gasteiger partial charge in [-0.15, -0.1) is 0 Å². The Bertz CT molecular complexity index is 668. The second-order valence-electron chi connectivity index (χ2n) is 5.49. The van der Waals surface area contributed by atoms with E-state index in [0.29, 0.717) is 18.0 Å². The Hall–Kier alpha value is -2.37. The summed E-state index contributed by atoms with van der Waals surface area (Å²) in [5.74, 6) is 1.35. The van der Waals surface area contributed by atoms with Crippen molar-refractivity contribution in [2.45, 2.75) is 25.8 Å². The fraction of sp³-hybridized carbons (Fsp3) is 0.438. The van der Waals surface area contributed by atoms with E-state index in [4.69, 9.17) is 4.74 Å². The number of carbonyl (C=O) groups excluding carboxylic acids is 1. The van der Waals surface area contributed by atoms with Crippen LogP contribution in [0, 0.1) is 6.92 Å². The van der Waals surface area contributed by atoms with E-state index >= 15 is 0 Å². The first-order chi connectivity index (χ1) is 10.7. The molecule has 0 radical (unpaired) electrons. The van der Waals surface area contributed by atoms with E-state index in [9.17, 15) is 4.79 Å². The van der Waals surface area contributed by atoms with Gasteiger partial charge in [0.05, 0.1) is 13.2 Å². The van der Waals surface area contributed by atoms with Gasteiger partial charge in [-0.2, -0.15) is 0 Å². The summed E-state index contributed by atoms with van der Waals surface area (Å²) in [5, 5.41) is 0. The molecular formula is C16H20N4O2. The van der Waals surface area contributed by atoms with Crippen LogP contribution in [-0.2, 0) is 0 Å². The molecule has 6 nitrogen and oxygen atoms in total. The van der Waals surface area contributed by atoms with E-state index < -0.39 is 0 Å². The van der Waals surface area contributed by atoms with Gasteiger partial charge in [0.2, 0.25) is 5.88 Å². The van der Waals surface area contributed by atoms with Gasteiger partial charge >= 0.3 is 0 Å². The lowest BCUT2D eigenvalue weighted by molar-refractivity contribution is 0.0674. The highest BCUT2D eigenvalue weighted by Gasteiger charge is 2.27. The highest BCUT2D eigenvalue weighted by atomic mass is 16.5. The highest BCUT2D eigenvalue weighted by molar-refractivity contribution is 5.96. The van der Waals surface area contributed by atoms with Gasteiger partial charge < -0.3 is 14.2 Å². The summed E-state index contributed by atoms with van der Waals surface area (Å²) in [5.41, 5.74) is 0.521. The molecule has 0 saturated carbocycles. The number of ether oxygens (including phenoxy) is 1. The van der Waals surface area contributed by atoms with Crippen molar-refractivity contribution >= 4 is 5.91 Å². The van der Waals surface area contributed by atoms with Crippen molar-refractivity contribution < 1.29 is 9.53 Å². The molecule has 1 atom stereocenters. The Morgan fingerprint density at radius 1 is 1.36 bits per heavy atom. The van der Waals surface area contributed by atoms with Crippen LogP contribution in [0.15, 0.2) is 30.7 Å². The maximum absolute atomic E-state index is 12.8. The van der Waals surface area contributed by atoms with E-state index in [1.165, 1.54) is 7.11 Å². The number of imidazole rings is 1.